The van der Waals surface area contributed by atoms with Crippen LogP contribution in [-0.4, -0.2) is 43.8 Å². The van der Waals surface area contributed by atoms with Gasteiger partial charge in [0, 0.05) is 29.6 Å². The Balaban J connectivity index is 1.83. The third kappa shape index (κ3) is 8.49. The van der Waals surface area contributed by atoms with E-state index in [9.17, 15) is 18.0 Å². The molecule has 236 valence electrons. The molecule has 0 aliphatic rings. The number of rotatable bonds is 13. The van der Waals surface area contributed by atoms with Crippen LogP contribution in [0, 0.1) is 12.7 Å². The topological polar surface area (TPSA) is 86.8 Å². The molecule has 2 atom stereocenters. The molecule has 2 amide bonds. The van der Waals surface area contributed by atoms with E-state index < -0.39 is 40.2 Å². The van der Waals surface area contributed by atoms with Gasteiger partial charge in [0.2, 0.25) is 11.8 Å². The largest absolute Gasteiger partial charge is 0.352 e. The molecule has 0 saturated carbocycles. The first kappa shape index (κ1) is 33.7. The molecule has 1 N–H and O–H groups in total. The van der Waals surface area contributed by atoms with Gasteiger partial charge in [0.05, 0.1) is 10.6 Å². The summed E-state index contributed by atoms with van der Waals surface area (Å²) < 4.78 is 44.3. The zero-order valence-electron chi connectivity index (χ0n) is 25.5. The monoisotopic (exact) mass is 649 g/mol. The van der Waals surface area contributed by atoms with Crippen LogP contribution < -0.4 is 9.62 Å². The van der Waals surface area contributed by atoms with E-state index in [4.69, 9.17) is 11.6 Å². The van der Waals surface area contributed by atoms with Gasteiger partial charge in [-0.15, -0.1) is 0 Å². The normalized spacial score (nSPS) is 12.6. The lowest BCUT2D eigenvalue weighted by Gasteiger charge is -2.34. The summed E-state index contributed by atoms with van der Waals surface area (Å²) in [7, 11) is -4.26. The fraction of sp³-hybridized carbons (Fsp3) is 0.257. The Morgan fingerprint density at radius 1 is 0.911 bits per heavy atom. The van der Waals surface area contributed by atoms with E-state index in [1.54, 1.807) is 61.5 Å². The van der Waals surface area contributed by atoms with E-state index in [1.807, 2.05) is 44.2 Å². The van der Waals surface area contributed by atoms with E-state index in [1.165, 1.54) is 23.1 Å². The Hall–Kier alpha value is -4.21. The highest BCUT2D eigenvalue weighted by atomic mass is 35.5. The number of hydrogen-bond donors (Lipinski definition) is 1. The second-order valence-corrected chi connectivity index (χ2v) is 13.2. The number of sulfonamides is 1. The molecule has 0 aliphatic carbocycles. The molecule has 0 aromatic heterocycles. The summed E-state index contributed by atoms with van der Waals surface area (Å²) in [5.41, 5.74) is 1.77. The lowest BCUT2D eigenvalue weighted by Crippen LogP contribution is -2.54. The van der Waals surface area contributed by atoms with Crippen molar-refractivity contribution >= 4 is 39.1 Å². The van der Waals surface area contributed by atoms with E-state index >= 15 is 4.39 Å². The van der Waals surface area contributed by atoms with Crippen LogP contribution in [0.1, 0.15) is 37.0 Å². The molecule has 0 saturated heterocycles. The molecule has 45 heavy (non-hydrogen) atoms. The van der Waals surface area contributed by atoms with Gasteiger partial charge in [0.25, 0.3) is 10.0 Å². The SMILES string of the molecule is CC[C@H](C)NC(=O)[C@@H](Cc1ccccc1)N(Cc1ccccc1F)C(=O)CN(c1ccc(Cl)cc1C)S(=O)(=O)c1ccccc1. The number of amides is 2. The molecule has 4 aromatic rings. The first-order chi connectivity index (χ1) is 21.5. The van der Waals surface area contributed by atoms with Crippen LogP contribution >= 0.6 is 11.6 Å². The quantitative estimate of drug-likeness (QED) is 0.178. The smallest absolute Gasteiger partial charge is 0.264 e. The number of halogens is 2. The van der Waals surface area contributed by atoms with Crippen LogP contribution in [0.2, 0.25) is 5.02 Å². The van der Waals surface area contributed by atoms with E-state index in [0.29, 0.717) is 17.0 Å². The van der Waals surface area contributed by atoms with Crippen molar-refractivity contribution in [3.05, 3.63) is 131 Å². The van der Waals surface area contributed by atoms with Crippen molar-refractivity contribution < 1.29 is 22.4 Å². The molecule has 0 aliphatic heterocycles. The lowest BCUT2D eigenvalue weighted by atomic mass is 10.0. The van der Waals surface area contributed by atoms with Crippen molar-refractivity contribution in [3.63, 3.8) is 0 Å². The molecule has 0 radical (unpaired) electrons. The number of aryl methyl sites for hydroxylation is 1. The van der Waals surface area contributed by atoms with Gasteiger partial charge in [0.1, 0.15) is 18.4 Å². The summed E-state index contributed by atoms with van der Waals surface area (Å²) in [4.78, 5) is 29.6. The van der Waals surface area contributed by atoms with Crippen LogP contribution in [0.3, 0.4) is 0 Å². The van der Waals surface area contributed by atoms with Crippen molar-refractivity contribution in [3.8, 4) is 0 Å². The minimum absolute atomic E-state index is 0.0110. The minimum Gasteiger partial charge on any atom is -0.352 e. The first-order valence-electron chi connectivity index (χ1n) is 14.7. The molecule has 4 aromatic carbocycles. The number of nitrogens with one attached hydrogen (secondary N) is 1. The van der Waals surface area contributed by atoms with E-state index in [-0.39, 0.29) is 35.2 Å². The number of benzene rings is 4. The lowest BCUT2D eigenvalue weighted by molar-refractivity contribution is -0.140. The van der Waals surface area contributed by atoms with Crippen LogP contribution in [-0.2, 0) is 32.6 Å². The van der Waals surface area contributed by atoms with Gasteiger partial charge in [-0.25, -0.2) is 12.8 Å². The maximum Gasteiger partial charge on any atom is 0.264 e. The molecular formula is C35H37ClFN3O4S. The summed E-state index contributed by atoms with van der Waals surface area (Å²) in [5, 5.41) is 3.38. The Labute approximate surface area is 269 Å². The molecule has 4 rings (SSSR count). The summed E-state index contributed by atoms with van der Waals surface area (Å²) in [6.07, 6.45) is 0.790. The summed E-state index contributed by atoms with van der Waals surface area (Å²) in [6.45, 7) is 4.60. The van der Waals surface area contributed by atoms with Crippen molar-refractivity contribution in [1.82, 2.24) is 10.2 Å². The molecule has 0 fully saturated rings. The Bertz CT molecular complexity index is 1720. The number of nitrogens with zero attached hydrogens (tertiary/aromatic N) is 2. The molecule has 0 unspecified atom stereocenters. The number of carbonyl (C=O) groups excluding carboxylic acids is 2. The van der Waals surface area contributed by atoms with Gasteiger partial charge >= 0.3 is 0 Å². The van der Waals surface area contributed by atoms with Crippen LogP contribution in [0.25, 0.3) is 0 Å². The Morgan fingerprint density at radius 3 is 2.16 bits per heavy atom. The van der Waals surface area contributed by atoms with Gasteiger partial charge in [-0.05, 0) is 67.8 Å². The van der Waals surface area contributed by atoms with Gasteiger partial charge in [-0.1, -0.05) is 85.3 Å². The van der Waals surface area contributed by atoms with Gasteiger partial charge in [-0.3, -0.25) is 13.9 Å². The number of hydrogen-bond acceptors (Lipinski definition) is 4. The van der Waals surface area contributed by atoms with Crippen LogP contribution in [0.15, 0.2) is 108 Å². The predicted octanol–water partition coefficient (Wildman–Crippen LogP) is 6.54. The zero-order chi connectivity index (χ0) is 32.6. The van der Waals surface area contributed by atoms with Gasteiger partial charge in [0.15, 0.2) is 0 Å². The standard InChI is InChI=1S/C35H37ClFN3O4S/c1-4-26(3)38-35(42)33(22-27-13-7-5-8-14-27)39(23-28-15-11-12-18-31(28)37)34(41)24-40(32-20-19-29(36)21-25(32)2)45(43,44)30-16-9-6-10-17-30/h5-21,26,33H,4,22-24H2,1-3H3,(H,38,42)/t26-,33+/m0/s1. The minimum atomic E-state index is -4.26. The number of carbonyl (C=O) groups is 2. The maximum atomic E-state index is 15.0. The molecule has 7 nitrogen and oxygen atoms in total. The highest BCUT2D eigenvalue weighted by Crippen LogP contribution is 2.29. The number of anilines is 1. The predicted molar refractivity (Wildman–Crippen MR) is 176 cm³/mol. The average molecular weight is 650 g/mol. The van der Waals surface area contributed by atoms with Crippen LogP contribution in [0.4, 0.5) is 10.1 Å². The Morgan fingerprint density at radius 2 is 1.53 bits per heavy atom. The highest BCUT2D eigenvalue weighted by Gasteiger charge is 2.35. The average Bonchev–Trinajstić information content (AvgIpc) is 3.03. The van der Waals surface area contributed by atoms with Crippen molar-refractivity contribution in [2.75, 3.05) is 10.8 Å². The molecular weight excluding hydrogens is 613 g/mol. The summed E-state index contributed by atoms with van der Waals surface area (Å²) >= 11 is 6.20. The molecule has 10 heteroatoms. The fourth-order valence-corrected chi connectivity index (χ4v) is 6.66. The Kier molecular flexibility index (Phi) is 11.4. The van der Waals surface area contributed by atoms with E-state index in [2.05, 4.69) is 5.32 Å². The molecule has 0 spiro atoms. The van der Waals surface area contributed by atoms with Crippen molar-refractivity contribution in [2.45, 2.75) is 57.1 Å². The van der Waals surface area contributed by atoms with Crippen molar-refractivity contribution in [1.29, 1.82) is 0 Å². The van der Waals surface area contributed by atoms with Gasteiger partial charge < -0.3 is 10.2 Å². The second kappa shape index (κ2) is 15.2. The first-order valence-corrected chi connectivity index (χ1v) is 16.5. The summed E-state index contributed by atoms with van der Waals surface area (Å²) in [6, 6.07) is 26.5. The van der Waals surface area contributed by atoms with Gasteiger partial charge in [-0.2, -0.15) is 0 Å². The third-order valence-electron chi connectivity index (χ3n) is 7.61. The fourth-order valence-electron chi connectivity index (χ4n) is 4.94. The maximum absolute atomic E-state index is 15.0. The molecule has 0 heterocycles. The van der Waals surface area contributed by atoms with Crippen LogP contribution in [0.5, 0.6) is 0 Å². The zero-order valence-corrected chi connectivity index (χ0v) is 27.1. The van der Waals surface area contributed by atoms with E-state index in [0.717, 1.165) is 9.87 Å². The van der Waals surface area contributed by atoms with Crippen molar-refractivity contribution in [2.24, 2.45) is 0 Å². The highest BCUT2D eigenvalue weighted by molar-refractivity contribution is 7.92. The third-order valence-corrected chi connectivity index (χ3v) is 9.62. The molecule has 0 bridgehead atoms. The summed E-state index contributed by atoms with van der Waals surface area (Å²) in [5.74, 6) is -1.64. The second-order valence-electron chi connectivity index (χ2n) is 10.9.